The summed E-state index contributed by atoms with van der Waals surface area (Å²) in [5.41, 5.74) is 2.59. The van der Waals surface area contributed by atoms with Crippen molar-refractivity contribution in [2.24, 2.45) is 0 Å². The predicted molar refractivity (Wildman–Crippen MR) is 119 cm³/mol. The lowest BCUT2D eigenvalue weighted by Crippen LogP contribution is -2.14. The second kappa shape index (κ2) is 9.11. The first-order chi connectivity index (χ1) is 14.3. The highest BCUT2D eigenvalue weighted by molar-refractivity contribution is 7.19. The molecule has 3 aromatic rings. The lowest BCUT2D eigenvalue weighted by atomic mass is 10.1. The zero-order valence-corrected chi connectivity index (χ0v) is 18.1. The molecule has 0 bridgehead atoms. The number of carbonyl (C=O) groups is 3. The highest BCUT2D eigenvalue weighted by atomic mass is 35.5. The summed E-state index contributed by atoms with van der Waals surface area (Å²) in [7, 11) is 1.25. The molecular formula is C22H19ClN2O4S. The number of ether oxygens (including phenoxy) is 1. The van der Waals surface area contributed by atoms with Crippen molar-refractivity contribution in [2.75, 3.05) is 17.7 Å². The van der Waals surface area contributed by atoms with E-state index >= 15 is 0 Å². The number of rotatable bonds is 5. The lowest BCUT2D eigenvalue weighted by Gasteiger charge is -2.06. The molecule has 0 saturated carbocycles. The number of benzene rings is 2. The number of halogens is 1. The van der Waals surface area contributed by atoms with E-state index in [2.05, 4.69) is 10.6 Å². The normalized spacial score (nSPS) is 10.4. The molecule has 0 spiro atoms. The summed E-state index contributed by atoms with van der Waals surface area (Å²) in [6.45, 7) is 3.57. The van der Waals surface area contributed by atoms with Gasteiger partial charge in [-0.25, -0.2) is 4.79 Å². The van der Waals surface area contributed by atoms with Crippen LogP contribution in [0.15, 0.2) is 48.5 Å². The summed E-state index contributed by atoms with van der Waals surface area (Å²) < 4.78 is 4.86. The molecule has 0 atom stereocenters. The minimum Gasteiger partial charge on any atom is -0.465 e. The standard InChI is InChI=1S/C22H19ClN2O4S/c1-12-5-4-6-16(11-12)24-20(27)18-13(2)17(22(28)29-3)21(30-18)25-19(26)14-7-9-15(23)10-8-14/h4-11H,1-3H3,(H,24,27)(H,25,26). The van der Waals surface area contributed by atoms with Gasteiger partial charge in [0.1, 0.15) is 5.00 Å². The second-order valence-electron chi connectivity index (χ2n) is 6.54. The molecule has 1 aromatic heterocycles. The largest absolute Gasteiger partial charge is 0.465 e. The minimum atomic E-state index is -0.634. The van der Waals surface area contributed by atoms with Crippen molar-refractivity contribution >= 4 is 51.4 Å². The Morgan fingerprint density at radius 3 is 2.30 bits per heavy atom. The minimum absolute atomic E-state index is 0.152. The third kappa shape index (κ3) is 4.69. The van der Waals surface area contributed by atoms with Crippen LogP contribution in [0.1, 0.15) is 41.5 Å². The monoisotopic (exact) mass is 442 g/mol. The number of hydrogen-bond acceptors (Lipinski definition) is 5. The Morgan fingerprint density at radius 1 is 0.967 bits per heavy atom. The third-order valence-electron chi connectivity index (χ3n) is 4.35. The van der Waals surface area contributed by atoms with Gasteiger partial charge in [0.2, 0.25) is 0 Å². The van der Waals surface area contributed by atoms with E-state index < -0.39 is 11.9 Å². The molecule has 1 heterocycles. The zero-order chi connectivity index (χ0) is 21.8. The first-order valence-corrected chi connectivity index (χ1v) is 10.2. The SMILES string of the molecule is COC(=O)c1c(NC(=O)c2ccc(Cl)cc2)sc(C(=O)Nc2cccc(C)c2)c1C. The molecular weight excluding hydrogens is 424 g/mol. The average molecular weight is 443 g/mol. The van der Waals surface area contributed by atoms with E-state index in [4.69, 9.17) is 16.3 Å². The summed E-state index contributed by atoms with van der Waals surface area (Å²) in [6.07, 6.45) is 0. The van der Waals surface area contributed by atoms with Crippen LogP contribution >= 0.6 is 22.9 Å². The third-order valence-corrected chi connectivity index (χ3v) is 5.81. The Labute approximate surface area is 182 Å². The van der Waals surface area contributed by atoms with Crippen LogP contribution in [0.5, 0.6) is 0 Å². The molecule has 2 N–H and O–H groups in total. The van der Waals surface area contributed by atoms with Crippen molar-refractivity contribution in [3.8, 4) is 0 Å². The molecule has 0 aliphatic carbocycles. The smallest absolute Gasteiger partial charge is 0.341 e. The van der Waals surface area contributed by atoms with E-state index in [0.29, 0.717) is 26.7 Å². The van der Waals surface area contributed by atoms with Crippen molar-refractivity contribution in [3.05, 3.63) is 80.7 Å². The van der Waals surface area contributed by atoms with Crippen LogP contribution in [-0.4, -0.2) is 24.9 Å². The Morgan fingerprint density at radius 2 is 1.67 bits per heavy atom. The summed E-state index contributed by atoms with van der Waals surface area (Å²) in [5.74, 6) is -1.44. The van der Waals surface area contributed by atoms with Crippen LogP contribution in [0.4, 0.5) is 10.7 Å². The summed E-state index contributed by atoms with van der Waals surface area (Å²) in [5, 5.41) is 6.27. The van der Waals surface area contributed by atoms with E-state index in [1.165, 1.54) is 7.11 Å². The maximum Gasteiger partial charge on any atom is 0.341 e. The predicted octanol–water partition coefficient (Wildman–Crippen LogP) is 5.31. The fourth-order valence-electron chi connectivity index (χ4n) is 2.85. The molecule has 0 fully saturated rings. The number of nitrogens with one attached hydrogen (secondary N) is 2. The molecule has 2 amide bonds. The lowest BCUT2D eigenvalue weighted by molar-refractivity contribution is 0.0601. The van der Waals surface area contributed by atoms with E-state index in [-0.39, 0.29) is 16.5 Å². The van der Waals surface area contributed by atoms with Crippen LogP contribution in [0.3, 0.4) is 0 Å². The molecule has 8 heteroatoms. The van der Waals surface area contributed by atoms with E-state index in [0.717, 1.165) is 16.9 Å². The number of thiophene rings is 1. The number of carbonyl (C=O) groups excluding carboxylic acids is 3. The van der Waals surface area contributed by atoms with Gasteiger partial charge in [0, 0.05) is 16.3 Å². The summed E-state index contributed by atoms with van der Waals surface area (Å²) >= 11 is 6.88. The Bertz CT molecular complexity index is 1120. The first kappa shape index (κ1) is 21.5. The maximum absolute atomic E-state index is 12.8. The Hall–Kier alpha value is -3.16. The van der Waals surface area contributed by atoms with Crippen molar-refractivity contribution in [1.29, 1.82) is 0 Å². The van der Waals surface area contributed by atoms with Crippen molar-refractivity contribution in [3.63, 3.8) is 0 Å². The number of hydrogen-bond donors (Lipinski definition) is 2. The fourth-order valence-corrected chi connectivity index (χ4v) is 4.06. The molecule has 30 heavy (non-hydrogen) atoms. The van der Waals surface area contributed by atoms with Crippen LogP contribution in [-0.2, 0) is 4.74 Å². The second-order valence-corrected chi connectivity index (χ2v) is 7.99. The summed E-state index contributed by atoms with van der Waals surface area (Å²) in [4.78, 5) is 38.1. The van der Waals surface area contributed by atoms with E-state index in [1.807, 2.05) is 25.1 Å². The quantitative estimate of drug-likeness (QED) is 0.524. The number of amides is 2. The Balaban J connectivity index is 1.93. The van der Waals surface area contributed by atoms with Gasteiger partial charge in [-0.1, -0.05) is 23.7 Å². The van der Waals surface area contributed by atoms with Gasteiger partial charge in [0.15, 0.2) is 0 Å². The number of esters is 1. The van der Waals surface area contributed by atoms with Crippen molar-refractivity contribution in [1.82, 2.24) is 0 Å². The van der Waals surface area contributed by atoms with E-state index in [1.54, 1.807) is 37.3 Å². The molecule has 0 aliphatic rings. The highest BCUT2D eigenvalue weighted by Crippen LogP contribution is 2.34. The number of aryl methyl sites for hydroxylation is 1. The van der Waals surface area contributed by atoms with Crippen LogP contribution in [0.25, 0.3) is 0 Å². The molecule has 2 aromatic carbocycles. The van der Waals surface area contributed by atoms with Crippen LogP contribution in [0.2, 0.25) is 5.02 Å². The van der Waals surface area contributed by atoms with Gasteiger partial charge in [-0.05, 0) is 61.4 Å². The van der Waals surface area contributed by atoms with Gasteiger partial charge >= 0.3 is 5.97 Å². The van der Waals surface area contributed by atoms with Crippen molar-refractivity contribution < 1.29 is 19.1 Å². The number of anilines is 2. The van der Waals surface area contributed by atoms with Gasteiger partial charge < -0.3 is 15.4 Å². The molecule has 0 saturated heterocycles. The molecule has 154 valence electrons. The van der Waals surface area contributed by atoms with Gasteiger partial charge in [-0.3, -0.25) is 9.59 Å². The molecule has 0 radical (unpaired) electrons. The van der Waals surface area contributed by atoms with Crippen molar-refractivity contribution in [2.45, 2.75) is 13.8 Å². The van der Waals surface area contributed by atoms with Gasteiger partial charge in [-0.2, -0.15) is 0 Å². The van der Waals surface area contributed by atoms with Gasteiger partial charge in [0.25, 0.3) is 11.8 Å². The molecule has 0 unspecified atom stereocenters. The number of methoxy groups -OCH3 is 1. The summed E-state index contributed by atoms with van der Waals surface area (Å²) in [6, 6.07) is 13.7. The van der Waals surface area contributed by atoms with Gasteiger partial charge in [0.05, 0.1) is 17.6 Å². The molecule has 0 aliphatic heterocycles. The van der Waals surface area contributed by atoms with Gasteiger partial charge in [-0.15, -0.1) is 11.3 Å². The average Bonchev–Trinajstić information content (AvgIpc) is 3.03. The van der Waals surface area contributed by atoms with E-state index in [9.17, 15) is 14.4 Å². The molecule has 3 rings (SSSR count). The first-order valence-electron chi connectivity index (χ1n) is 8.96. The fraction of sp³-hybridized carbons (Fsp3) is 0.136. The van der Waals surface area contributed by atoms with Crippen LogP contribution < -0.4 is 10.6 Å². The maximum atomic E-state index is 12.8. The molecule has 6 nitrogen and oxygen atoms in total. The zero-order valence-electron chi connectivity index (χ0n) is 16.5. The topological polar surface area (TPSA) is 84.5 Å². The Kier molecular flexibility index (Phi) is 6.54. The van der Waals surface area contributed by atoms with Crippen LogP contribution in [0, 0.1) is 13.8 Å². The highest BCUT2D eigenvalue weighted by Gasteiger charge is 2.26.